The molecule has 0 unspecified atom stereocenters. The van der Waals surface area contributed by atoms with Crippen LogP contribution in [0.4, 0.5) is 8.78 Å². The molecule has 2 nitrogen and oxygen atoms in total. The van der Waals surface area contributed by atoms with E-state index < -0.39 is 12.4 Å². The van der Waals surface area contributed by atoms with Crippen LogP contribution in [0.25, 0.3) is 0 Å². The Hall–Kier alpha value is -0.670. The first kappa shape index (κ1) is 10.4. The van der Waals surface area contributed by atoms with Crippen LogP contribution in [0, 0.1) is 5.92 Å². The van der Waals surface area contributed by atoms with Gasteiger partial charge in [0.15, 0.2) is 0 Å². The predicted octanol–water partition coefficient (Wildman–Crippen LogP) is 2.37. The van der Waals surface area contributed by atoms with Gasteiger partial charge in [0.1, 0.15) is 6.10 Å². The minimum absolute atomic E-state index is 0.280. The van der Waals surface area contributed by atoms with Crippen LogP contribution in [0.15, 0.2) is 0 Å². The molecule has 76 valence electrons. The number of alkyl halides is 2. The summed E-state index contributed by atoms with van der Waals surface area (Å²) < 4.78 is 28.2. The van der Waals surface area contributed by atoms with E-state index in [1.807, 2.05) is 0 Å². The van der Waals surface area contributed by atoms with Crippen LogP contribution in [0.3, 0.4) is 0 Å². The van der Waals surface area contributed by atoms with Gasteiger partial charge >= 0.3 is 12.4 Å². The van der Waals surface area contributed by atoms with Crippen LogP contribution in [0.2, 0.25) is 0 Å². The highest BCUT2D eigenvalue weighted by molar-refractivity contribution is 5.72. The lowest BCUT2D eigenvalue weighted by Crippen LogP contribution is -2.26. The van der Waals surface area contributed by atoms with Crippen LogP contribution < -0.4 is 0 Å². The van der Waals surface area contributed by atoms with Crippen molar-refractivity contribution in [3.05, 3.63) is 0 Å². The average molecular weight is 192 g/mol. The van der Waals surface area contributed by atoms with Crippen LogP contribution in [-0.4, -0.2) is 18.5 Å². The molecular formula is C9H14F2O2. The van der Waals surface area contributed by atoms with Crippen molar-refractivity contribution in [1.82, 2.24) is 0 Å². The Kier molecular flexibility index (Phi) is 3.63. The number of ether oxygens (including phenoxy) is 1. The highest BCUT2D eigenvalue weighted by Gasteiger charge is 2.25. The molecule has 0 amide bonds. The topological polar surface area (TPSA) is 26.3 Å². The molecule has 0 aromatic carbocycles. The maximum absolute atomic E-state index is 11.8. The van der Waals surface area contributed by atoms with Gasteiger partial charge in [-0.05, 0) is 31.6 Å². The Morgan fingerprint density at radius 1 is 1.31 bits per heavy atom. The van der Waals surface area contributed by atoms with Gasteiger partial charge in [0, 0.05) is 0 Å². The monoisotopic (exact) mass is 192 g/mol. The summed E-state index contributed by atoms with van der Waals surface area (Å²) in [5.74, 6) is -0.749. The molecular weight excluding hydrogens is 178 g/mol. The Balaban J connectivity index is 2.26. The fraction of sp³-hybridized carbons (Fsp3) is 0.889. The summed E-state index contributed by atoms with van der Waals surface area (Å²) >= 11 is 0. The minimum Gasteiger partial charge on any atom is -0.458 e. The zero-order chi connectivity index (χ0) is 9.84. The molecule has 0 aromatic rings. The Morgan fingerprint density at radius 3 is 2.31 bits per heavy atom. The summed E-state index contributed by atoms with van der Waals surface area (Å²) in [6.07, 6.45) is 0.0961. The maximum atomic E-state index is 11.8. The van der Waals surface area contributed by atoms with Crippen molar-refractivity contribution in [2.24, 2.45) is 5.92 Å². The third-order valence-corrected chi connectivity index (χ3v) is 2.42. The number of carbonyl (C=O) groups excluding carboxylic acids is 1. The van der Waals surface area contributed by atoms with Gasteiger partial charge in [0.05, 0.1) is 0 Å². The molecule has 13 heavy (non-hydrogen) atoms. The van der Waals surface area contributed by atoms with Crippen molar-refractivity contribution in [3.8, 4) is 0 Å². The quantitative estimate of drug-likeness (QED) is 0.628. The summed E-state index contributed by atoms with van der Waals surface area (Å²) in [4.78, 5) is 10.5. The number of hydrogen-bond donors (Lipinski definition) is 0. The summed E-state index contributed by atoms with van der Waals surface area (Å²) in [6.45, 7) is 2.12. The molecule has 1 aliphatic carbocycles. The number of carbonyl (C=O) groups is 1. The molecule has 4 heteroatoms. The average Bonchev–Trinajstić information content (AvgIpc) is 2.08. The maximum Gasteiger partial charge on any atom is 0.374 e. The molecule has 1 aliphatic rings. The second-order valence-electron chi connectivity index (χ2n) is 3.62. The Bertz CT molecular complexity index is 174. The molecule has 1 rings (SSSR count). The van der Waals surface area contributed by atoms with Gasteiger partial charge in [-0.2, -0.15) is 8.78 Å². The zero-order valence-corrected chi connectivity index (χ0v) is 7.63. The first-order valence-electron chi connectivity index (χ1n) is 4.58. The second-order valence-corrected chi connectivity index (χ2v) is 3.62. The van der Waals surface area contributed by atoms with E-state index >= 15 is 0 Å². The van der Waals surface area contributed by atoms with Crippen LogP contribution in [-0.2, 0) is 9.53 Å². The van der Waals surface area contributed by atoms with Gasteiger partial charge in [-0.25, -0.2) is 4.79 Å². The van der Waals surface area contributed by atoms with E-state index in [1.54, 1.807) is 0 Å². The van der Waals surface area contributed by atoms with E-state index in [4.69, 9.17) is 0 Å². The number of rotatable bonds is 2. The van der Waals surface area contributed by atoms with Crippen molar-refractivity contribution in [2.45, 2.75) is 45.1 Å². The molecule has 0 aliphatic heterocycles. The largest absolute Gasteiger partial charge is 0.458 e. The van der Waals surface area contributed by atoms with Gasteiger partial charge < -0.3 is 4.74 Å². The van der Waals surface area contributed by atoms with Gasteiger partial charge in [-0.15, -0.1) is 0 Å². The third-order valence-electron chi connectivity index (χ3n) is 2.42. The molecule has 0 bridgehead atoms. The molecule has 1 fully saturated rings. The van der Waals surface area contributed by atoms with E-state index in [9.17, 15) is 13.6 Å². The van der Waals surface area contributed by atoms with Crippen LogP contribution in [0.5, 0.6) is 0 Å². The van der Waals surface area contributed by atoms with Gasteiger partial charge in [0.2, 0.25) is 0 Å². The lowest BCUT2D eigenvalue weighted by Gasteiger charge is -2.25. The number of esters is 1. The van der Waals surface area contributed by atoms with Crippen molar-refractivity contribution in [3.63, 3.8) is 0 Å². The molecule has 0 heterocycles. The van der Waals surface area contributed by atoms with Crippen molar-refractivity contribution in [2.75, 3.05) is 0 Å². The second kappa shape index (κ2) is 4.53. The van der Waals surface area contributed by atoms with Gasteiger partial charge in [-0.3, -0.25) is 0 Å². The predicted molar refractivity (Wildman–Crippen MR) is 43.5 cm³/mol. The fourth-order valence-corrected chi connectivity index (χ4v) is 1.56. The van der Waals surface area contributed by atoms with Crippen LogP contribution in [0.1, 0.15) is 32.6 Å². The molecule has 0 N–H and O–H groups in total. The molecule has 1 saturated carbocycles. The minimum atomic E-state index is -2.99. The van der Waals surface area contributed by atoms with E-state index in [0.717, 1.165) is 25.7 Å². The normalized spacial score (nSPS) is 28.9. The van der Waals surface area contributed by atoms with Gasteiger partial charge in [-0.1, -0.05) is 6.92 Å². The summed E-state index contributed by atoms with van der Waals surface area (Å²) in [6, 6.07) is 0. The van der Waals surface area contributed by atoms with E-state index in [1.165, 1.54) is 0 Å². The van der Waals surface area contributed by atoms with Crippen molar-refractivity contribution < 1.29 is 18.3 Å². The lowest BCUT2D eigenvalue weighted by molar-refractivity contribution is -0.163. The summed E-state index contributed by atoms with van der Waals surface area (Å²) in [7, 11) is 0. The van der Waals surface area contributed by atoms with Crippen LogP contribution >= 0.6 is 0 Å². The Morgan fingerprint density at radius 2 is 1.85 bits per heavy atom. The highest BCUT2D eigenvalue weighted by atomic mass is 19.3. The molecule has 0 radical (unpaired) electrons. The van der Waals surface area contributed by atoms with Crippen molar-refractivity contribution in [1.29, 1.82) is 0 Å². The van der Waals surface area contributed by atoms with Crippen molar-refractivity contribution >= 4 is 5.97 Å². The fourth-order valence-electron chi connectivity index (χ4n) is 1.56. The molecule has 0 spiro atoms. The number of hydrogen-bond acceptors (Lipinski definition) is 2. The van der Waals surface area contributed by atoms with E-state index in [-0.39, 0.29) is 6.10 Å². The van der Waals surface area contributed by atoms with Gasteiger partial charge in [0.25, 0.3) is 0 Å². The lowest BCUT2D eigenvalue weighted by atomic mass is 9.89. The molecule has 0 aromatic heterocycles. The first-order valence-corrected chi connectivity index (χ1v) is 4.58. The third kappa shape index (κ3) is 3.28. The van der Waals surface area contributed by atoms with E-state index in [0.29, 0.717) is 5.92 Å². The standard InChI is InChI=1S/C9H14F2O2/c1-6-2-4-7(5-3-6)13-9(12)8(10)11/h6-8H,2-5H2,1H3. The highest BCUT2D eigenvalue weighted by Crippen LogP contribution is 2.25. The number of halogens is 2. The first-order chi connectivity index (χ1) is 6.09. The summed E-state index contributed by atoms with van der Waals surface area (Å²) in [5, 5.41) is 0. The zero-order valence-electron chi connectivity index (χ0n) is 7.63. The smallest absolute Gasteiger partial charge is 0.374 e. The SMILES string of the molecule is CC1CCC(OC(=O)C(F)F)CC1. The molecule has 0 atom stereocenters. The van der Waals surface area contributed by atoms with E-state index in [2.05, 4.69) is 11.7 Å². The Labute approximate surface area is 76.3 Å². The summed E-state index contributed by atoms with van der Waals surface area (Å²) in [5.41, 5.74) is 0. The molecule has 0 saturated heterocycles.